The van der Waals surface area contributed by atoms with Crippen LogP contribution in [0.25, 0.3) is 5.69 Å². The lowest BCUT2D eigenvalue weighted by Crippen LogP contribution is -2.39. The van der Waals surface area contributed by atoms with Crippen LogP contribution in [0.2, 0.25) is 0 Å². The summed E-state index contributed by atoms with van der Waals surface area (Å²) in [5.74, 6) is 1.45. The second kappa shape index (κ2) is 11.8. The number of aliphatic hydroxyl groups excluding tert-OH is 1. The summed E-state index contributed by atoms with van der Waals surface area (Å²) < 4.78 is 13.7. The maximum atomic E-state index is 10.5. The molecule has 0 amide bonds. The van der Waals surface area contributed by atoms with Crippen LogP contribution in [0.1, 0.15) is 30.7 Å². The van der Waals surface area contributed by atoms with Crippen molar-refractivity contribution in [2.24, 2.45) is 0 Å². The Morgan fingerprint density at radius 3 is 2.55 bits per heavy atom. The molecule has 0 fully saturated rings. The van der Waals surface area contributed by atoms with E-state index in [1.165, 1.54) is 0 Å². The van der Waals surface area contributed by atoms with E-state index in [0.717, 1.165) is 28.3 Å². The highest BCUT2D eigenvalue weighted by Crippen LogP contribution is 2.32. The minimum absolute atomic E-state index is 0.213. The van der Waals surface area contributed by atoms with Crippen LogP contribution in [0.5, 0.6) is 11.6 Å². The Balaban J connectivity index is 1.93. The number of nitrogens with zero attached hydrogens (tertiary/aromatic N) is 3. The summed E-state index contributed by atoms with van der Waals surface area (Å²) in [6, 6.07) is 18.2. The van der Waals surface area contributed by atoms with E-state index < -0.39 is 6.10 Å². The van der Waals surface area contributed by atoms with Crippen molar-refractivity contribution in [3.63, 3.8) is 0 Å². The van der Waals surface area contributed by atoms with Crippen molar-refractivity contribution in [2.45, 2.75) is 46.4 Å². The van der Waals surface area contributed by atoms with Gasteiger partial charge in [-0.2, -0.15) is 5.10 Å². The fourth-order valence-corrected chi connectivity index (χ4v) is 3.63. The number of hydrogen-bond donors (Lipinski definition) is 1. The third-order valence-electron chi connectivity index (χ3n) is 5.42. The normalized spacial score (nSPS) is 12.3. The Morgan fingerprint density at radius 2 is 1.88 bits per heavy atom. The summed E-state index contributed by atoms with van der Waals surface area (Å²) in [6.07, 6.45) is 1.08. The van der Waals surface area contributed by atoms with Gasteiger partial charge in [0.1, 0.15) is 5.75 Å². The summed E-state index contributed by atoms with van der Waals surface area (Å²) in [4.78, 5) is 2.21. The number of benzene rings is 2. The molecule has 0 aliphatic rings. The fraction of sp³-hybridized carbons (Fsp3) is 0.370. The molecule has 1 atom stereocenters. The van der Waals surface area contributed by atoms with Crippen LogP contribution in [0.3, 0.4) is 0 Å². The predicted molar refractivity (Wildman–Crippen MR) is 132 cm³/mol. The van der Waals surface area contributed by atoms with Crippen molar-refractivity contribution in [2.75, 3.05) is 19.8 Å². The number of para-hydroxylation sites is 1. The van der Waals surface area contributed by atoms with Gasteiger partial charge in [0.05, 0.1) is 36.3 Å². The Hall–Kier alpha value is -2.93. The van der Waals surface area contributed by atoms with Crippen molar-refractivity contribution in [3.05, 3.63) is 84.1 Å². The van der Waals surface area contributed by atoms with Crippen molar-refractivity contribution in [3.8, 4) is 17.3 Å². The van der Waals surface area contributed by atoms with Crippen LogP contribution in [0.15, 0.2) is 67.3 Å². The molecule has 33 heavy (non-hydrogen) atoms. The highest BCUT2D eigenvalue weighted by molar-refractivity contribution is 5.43. The van der Waals surface area contributed by atoms with Crippen LogP contribution in [-0.2, 0) is 11.3 Å². The topological polar surface area (TPSA) is 59.8 Å². The molecule has 3 aromatic rings. The monoisotopic (exact) mass is 449 g/mol. The van der Waals surface area contributed by atoms with E-state index in [1.807, 2.05) is 73.1 Å². The van der Waals surface area contributed by atoms with Gasteiger partial charge in [0.25, 0.3) is 0 Å². The SMILES string of the molecule is C=CCOC[C@@H](O)CN(Cc1c(C)nn(-c2ccccc2)c1Oc1cccc(C)c1)C(C)C. The van der Waals surface area contributed by atoms with Gasteiger partial charge >= 0.3 is 0 Å². The lowest BCUT2D eigenvalue weighted by Gasteiger charge is -2.29. The van der Waals surface area contributed by atoms with Gasteiger partial charge in [-0.15, -0.1) is 6.58 Å². The molecule has 0 saturated heterocycles. The standard InChI is InChI=1S/C27H35N3O3/c1-6-15-32-19-24(31)17-29(20(2)3)18-26-22(5)28-30(23-12-8-7-9-13-23)27(26)33-25-14-10-11-21(4)16-25/h6-14,16,20,24,31H,1,15,17-19H2,2-5H3/t24-/m0/s1. The smallest absolute Gasteiger partial charge is 0.227 e. The lowest BCUT2D eigenvalue weighted by atomic mass is 10.2. The van der Waals surface area contributed by atoms with E-state index in [4.69, 9.17) is 14.6 Å². The quantitative estimate of drug-likeness (QED) is 0.310. The van der Waals surface area contributed by atoms with Gasteiger partial charge in [0.15, 0.2) is 0 Å². The molecule has 0 saturated carbocycles. The first-order chi connectivity index (χ1) is 15.9. The zero-order valence-corrected chi connectivity index (χ0v) is 20.1. The molecule has 1 aromatic heterocycles. The van der Waals surface area contributed by atoms with Gasteiger partial charge in [0.2, 0.25) is 5.88 Å². The predicted octanol–water partition coefficient (Wildman–Crippen LogP) is 5.06. The lowest BCUT2D eigenvalue weighted by molar-refractivity contribution is 0.0177. The molecule has 1 heterocycles. The van der Waals surface area contributed by atoms with Crippen LogP contribution < -0.4 is 4.74 Å². The average molecular weight is 450 g/mol. The Kier molecular flexibility index (Phi) is 8.83. The third-order valence-corrected chi connectivity index (χ3v) is 5.42. The van der Waals surface area contributed by atoms with Crippen molar-refractivity contribution in [1.29, 1.82) is 0 Å². The van der Waals surface area contributed by atoms with Gasteiger partial charge in [-0.25, -0.2) is 4.68 Å². The second-order valence-corrected chi connectivity index (χ2v) is 8.54. The average Bonchev–Trinajstić information content (AvgIpc) is 3.09. The number of aliphatic hydroxyl groups is 1. The van der Waals surface area contributed by atoms with E-state index in [1.54, 1.807) is 6.08 Å². The molecule has 176 valence electrons. The Bertz CT molecular complexity index is 1030. The first-order valence-electron chi connectivity index (χ1n) is 11.4. The summed E-state index contributed by atoms with van der Waals surface area (Å²) in [5.41, 5.74) is 3.95. The number of hydrogen-bond acceptors (Lipinski definition) is 5. The summed E-state index contributed by atoms with van der Waals surface area (Å²) >= 11 is 0. The highest BCUT2D eigenvalue weighted by Gasteiger charge is 2.24. The van der Waals surface area contributed by atoms with Crippen molar-refractivity contribution < 1.29 is 14.6 Å². The second-order valence-electron chi connectivity index (χ2n) is 8.54. The zero-order valence-electron chi connectivity index (χ0n) is 20.1. The van der Waals surface area contributed by atoms with Gasteiger partial charge in [-0.1, -0.05) is 36.4 Å². The molecule has 3 rings (SSSR count). The molecule has 6 nitrogen and oxygen atoms in total. The third kappa shape index (κ3) is 6.78. The number of rotatable bonds is 12. The minimum Gasteiger partial charge on any atom is -0.439 e. The van der Waals surface area contributed by atoms with Crippen LogP contribution >= 0.6 is 0 Å². The maximum absolute atomic E-state index is 10.5. The molecular formula is C27H35N3O3. The summed E-state index contributed by atoms with van der Waals surface area (Å²) in [6.45, 7) is 13.7. The van der Waals surface area contributed by atoms with Gasteiger partial charge in [-0.3, -0.25) is 4.90 Å². The molecule has 0 spiro atoms. The van der Waals surface area contributed by atoms with Crippen LogP contribution in [0, 0.1) is 13.8 Å². The number of aromatic nitrogens is 2. The fourth-order valence-electron chi connectivity index (χ4n) is 3.63. The molecule has 0 radical (unpaired) electrons. The molecule has 0 aliphatic carbocycles. The van der Waals surface area contributed by atoms with Crippen molar-refractivity contribution in [1.82, 2.24) is 14.7 Å². The number of aryl methyl sites for hydroxylation is 2. The molecule has 0 unspecified atom stereocenters. The van der Waals surface area contributed by atoms with Crippen LogP contribution in [-0.4, -0.2) is 51.7 Å². The molecule has 1 N–H and O–H groups in total. The molecular weight excluding hydrogens is 414 g/mol. The Morgan fingerprint density at radius 1 is 1.12 bits per heavy atom. The van der Waals surface area contributed by atoms with E-state index >= 15 is 0 Å². The van der Waals surface area contributed by atoms with Gasteiger partial charge < -0.3 is 14.6 Å². The van der Waals surface area contributed by atoms with Crippen molar-refractivity contribution >= 4 is 0 Å². The minimum atomic E-state index is -0.599. The molecule has 6 heteroatoms. The summed E-state index contributed by atoms with van der Waals surface area (Å²) in [7, 11) is 0. The van der Waals surface area contributed by atoms with Gasteiger partial charge in [0, 0.05) is 19.1 Å². The largest absolute Gasteiger partial charge is 0.439 e. The highest BCUT2D eigenvalue weighted by atomic mass is 16.5. The maximum Gasteiger partial charge on any atom is 0.227 e. The van der Waals surface area contributed by atoms with Crippen LogP contribution in [0.4, 0.5) is 0 Å². The first kappa shape index (κ1) is 24.7. The van der Waals surface area contributed by atoms with Gasteiger partial charge in [-0.05, 0) is 57.5 Å². The van der Waals surface area contributed by atoms with E-state index in [0.29, 0.717) is 25.6 Å². The zero-order chi connectivity index (χ0) is 23.8. The van der Waals surface area contributed by atoms with E-state index in [9.17, 15) is 5.11 Å². The van der Waals surface area contributed by atoms with E-state index in [-0.39, 0.29) is 12.6 Å². The number of ether oxygens (including phenoxy) is 2. The molecule has 2 aromatic carbocycles. The van der Waals surface area contributed by atoms with E-state index in [2.05, 4.69) is 25.3 Å². The Labute approximate surface area is 197 Å². The molecule has 0 bridgehead atoms. The molecule has 0 aliphatic heterocycles. The summed E-state index contributed by atoms with van der Waals surface area (Å²) in [5, 5.41) is 15.3. The first-order valence-corrected chi connectivity index (χ1v) is 11.4.